The van der Waals surface area contributed by atoms with E-state index in [0.717, 1.165) is 19.4 Å². The van der Waals surface area contributed by atoms with Crippen molar-refractivity contribution in [1.29, 1.82) is 0 Å². The molecule has 2 N–H and O–H groups in total. The van der Waals surface area contributed by atoms with E-state index < -0.39 is 16.9 Å². The predicted molar refractivity (Wildman–Crippen MR) is 47.8 cm³/mol. The van der Waals surface area contributed by atoms with Gasteiger partial charge in [0.2, 0.25) is 0 Å². The van der Waals surface area contributed by atoms with Crippen LogP contribution in [0.5, 0.6) is 0 Å². The lowest BCUT2D eigenvalue weighted by molar-refractivity contribution is -0.0448. The molecule has 7 heteroatoms. The van der Waals surface area contributed by atoms with Crippen LogP contribution >= 0.6 is 0 Å². The van der Waals surface area contributed by atoms with Gasteiger partial charge in [0.05, 0.1) is 0 Å². The molecule has 0 aromatic rings. The van der Waals surface area contributed by atoms with E-state index >= 15 is 0 Å². The Morgan fingerprint density at radius 2 is 2.21 bits per heavy atom. The third kappa shape index (κ3) is 4.04. The number of nitrogens with one attached hydrogen (secondary N) is 2. The first-order valence-electron chi connectivity index (χ1n) is 4.43. The van der Waals surface area contributed by atoms with Crippen LogP contribution in [-0.4, -0.2) is 29.7 Å². The third-order valence-electron chi connectivity index (χ3n) is 2.11. The standard InChI is InChI=1S/C7H13F3N2OS/c8-7(9,10)14(13)12-5-6-2-1-3-11-4-6/h6,11-12H,1-5H2. The van der Waals surface area contributed by atoms with Crippen molar-refractivity contribution in [3.8, 4) is 0 Å². The van der Waals surface area contributed by atoms with Crippen LogP contribution in [0.15, 0.2) is 0 Å². The molecule has 0 amide bonds. The Labute approximate surface area is 83.7 Å². The molecule has 1 fully saturated rings. The summed E-state index contributed by atoms with van der Waals surface area (Å²) < 4.78 is 48.0. The van der Waals surface area contributed by atoms with Crippen molar-refractivity contribution < 1.29 is 17.7 Å². The van der Waals surface area contributed by atoms with Crippen LogP contribution in [0, 0.1) is 5.92 Å². The highest BCUT2D eigenvalue weighted by atomic mass is 32.2. The van der Waals surface area contributed by atoms with E-state index in [1.54, 1.807) is 0 Å². The molecule has 0 bridgehead atoms. The quantitative estimate of drug-likeness (QED) is 0.704. The summed E-state index contributed by atoms with van der Waals surface area (Å²) in [4.78, 5) is 0. The second kappa shape index (κ2) is 5.20. The Morgan fingerprint density at radius 3 is 2.71 bits per heavy atom. The van der Waals surface area contributed by atoms with Gasteiger partial charge in [-0.25, -0.2) is 0 Å². The molecule has 14 heavy (non-hydrogen) atoms. The first-order chi connectivity index (χ1) is 6.50. The highest BCUT2D eigenvalue weighted by Gasteiger charge is 2.45. The van der Waals surface area contributed by atoms with Crippen molar-refractivity contribution in [2.45, 2.75) is 18.3 Å². The molecule has 0 aromatic carbocycles. The fourth-order valence-electron chi connectivity index (χ4n) is 1.37. The van der Waals surface area contributed by atoms with Crippen molar-refractivity contribution in [3.05, 3.63) is 0 Å². The zero-order chi connectivity index (χ0) is 10.6. The molecule has 1 saturated heterocycles. The number of alkyl halides is 3. The number of hydrogen-bond acceptors (Lipinski definition) is 3. The summed E-state index contributed by atoms with van der Waals surface area (Å²) in [7, 11) is 0. The summed E-state index contributed by atoms with van der Waals surface area (Å²) in [5.41, 5.74) is -4.65. The molecule has 0 aromatic heterocycles. The van der Waals surface area contributed by atoms with Crippen molar-refractivity contribution >= 4 is 11.4 Å². The fraction of sp³-hybridized carbons (Fsp3) is 1.00. The summed E-state index contributed by atoms with van der Waals surface area (Å²) >= 11 is -2.92. The summed E-state index contributed by atoms with van der Waals surface area (Å²) in [5.74, 6) is 0.148. The normalized spacial score (nSPS) is 26.1. The maximum Gasteiger partial charge on any atom is 0.592 e. The van der Waals surface area contributed by atoms with Gasteiger partial charge in [-0.1, -0.05) is 0 Å². The fourth-order valence-corrected chi connectivity index (χ4v) is 1.92. The Morgan fingerprint density at radius 1 is 1.50 bits per heavy atom. The maximum atomic E-state index is 11.8. The van der Waals surface area contributed by atoms with Crippen LogP contribution in [0.1, 0.15) is 12.8 Å². The lowest BCUT2D eigenvalue weighted by atomic mass is 10.0. The molecular formula is C7H13F3N2OS. The van der Waals surface area contributed by atoms with Gasteiger partial charge in [-0.15, -0.1) is 17.9 Å². The summed E-state index contributed by atoms with van der Waals surface area (Å²) in [6.45, 7) is 1.76. The molecule has 1 aliphatic heterocycles. The Balaban J connectivity index is 2.19. The van der Waals surface area contributed by atoms with Gasteiger partial charge in [0, 0.05) is 6.54 Å². The summed E-state index contributed by atoms with van der Waals surface area (Å²) in [6, 6.07) is 0. The van der Waals surface area contributed by atoms with E-state index in [1.807, 2.05) is 4.72 Å². The van der Waals surface area contributed by atoms with Crippen LogP contribution in [0.3, 0.4) is 0 Å². The maximum absolute atomic E-state index is 11.8. The van der Waals surface area contributed by atoms with Crippen LogP contribution in [0.25, 0.3) is 0 Å². The van der Waals surface area contributed by atoms with Crippen molar-refractivity contribution in [2.24, 2.45) is 5.92 Å². The van der Waals surface area contributed by atoms with E-state index in [4.69, 9.17) is 0 Å². The molecule has 0 radical (unpaired) electrons. The summed E-state index contributed by atoms with van der Waals surface area (Å²) in [6.07, 6.45) is 1.85. The Hall–Kier alpha value is 0.0200. The van der Waals surface area contributed by atoms with Crippen LogP contribution in [-0.2, 0) is 11.4 Å². The van der Waals surface area contributed by atoms with Crippen molar-refractivity contribution in [3.63, 3.8) is 0 Å². The molecule has 0 spiro atoms. The lowest BCUT2D eigenvalue weighted by Gasteiger charge is -2.23. The first kappa shape index (κ1) is 12.1. The van der Waals surface area contributed by atoms with Crippen molar-refractivity contribution in [1.82, 2.24) is 10.0 Å². The average molecular weight is 230 g/mol. The van der Waals surface area contributed by atoms with Gasteiger partial charge in [-0.05, 0) is 31.8 Å². The van der Waals surface area contributed by atoms with Gasteiger partial charge < -0.3 is 9.87 Å². The largest absolute Gasteiger partial charge is 0.592 e. The second-order valence-corrected chi connectivity index (χ2v) is 4.56. The first-order valence-corrected chi connectivity index (χ1v) is 5.58. The molecule has 1 heterocycles. The molecule has 2 unspecified atom stereocenters. The predicted octanol–water partition coefficient (Wildman–Crippen LogP) is 0.759. The van der Waals surface area contributed by atoms with Gasteiger partial charge in [-0.3, -0.25) is 0 Å². The molecule has 3 nitrogen and oxygen atoms in total. The average Bonchev–Trinajstić information content (AvgIpc) is 2.14. The molecule has 1 aliphatic rings. The molecule has 0 saturated carbocycles. The second-order valence-electron chi connectivity index (χ2n) is 3.28. The highest BCUT2D eigenvalue weighted by Crippen LogP contribution is 2.22. The number of rotatable bonds is 3. The van der Waals surface area contributed by atoms with Crippen molar-refractivity contribution in [2.75, 3.05) is 19.6 Å². The smallest absolute Gasteiger partial charge is 0.591 e. The zero-order valence-electron chi connectivity index (χ0n) is 7.56. The van der Waals surface area contributed by atoms with E-state index in [-0.39, 0.29) is 12.5 Å². The third-order valence-corrected chi connectivity index (χ3v) is 2.96. The van der Waals surface area contributed by atoms with Gasteiger partial charge in [0.1, 0.15) is 0 Å². The molecule has 0 aliphatic carbocycles. The van der Waals surface area contributed by atoms with Gasteiger partial charge in [-0.2, -0.15) is 0 Å². The molecular weight excluding hydrogens is 217 g/mol. The van der Waals surface area contributed by atoms with Gasteiger partial charge in [0.15, 0.2) is 11.4 Å². The number of hydrogen-bond donors (Lipinski definition) is 2. The van der Waals surface area contributed by atoms with E-state index in [1.165, 1.54) is 0 Å². The Bertz CT molecular complexity index is 173. The molecule has 1 rings (SSSR count). The Kier molecular flexibility index (Phi) is 4.49. The molecule has 84 valence electrons. The monoisotopic (exact) mass is 230 g/mol. The van der Waals surface area contributed by atoms with E-state index in [0.29, 0.717) is 6.54 Å². The summed E-state index contributed by atoms with van der Waals surface area (Å²) in [5, 5.41) is 3.08. The van der Waals surface area contributed by atoms with Gasteiger partial charge >= 0.3 is 5.51 Å². The van der Waals surface area contributed by atoms with Crippen LogP contribution < -0.4 is 10.0 Å². The minimum Gasteiger partial charge on any atom is -0.591 e. The topological polar surface area (TPSA) is 47.1 Å². The minimum absolute atomic E-state index is 0.148. The number of piperidine rings is 1. The minimum atomic E-state index is -4.65. The van der Waals surface area contributed by atoms with E-state index in [9.17, 15) is 17.7 Å². The van der Waals surface area contributed by atoms with Gasteiger partial charge in [0.25, 0.3) is 0 Å². The van der Waals surface area contributed by atoms with Crippen LogP contribution in [0.2, 0.25) is 0 Å². The SMILES string of the molecule is [O-][S+](NCC1CCCNC1)C(F)(F)F. The van der Waals surface area contributed by atoms with E-state index in [2.05, 4.69) is 5.32 Å². The highest BCUT2D eigenvalue weighted by molar-refractivity contribution is 7.90. The number of halogens is 3. The van der Waals surface area contributed by atoms with Crippen LogP contribution in [0.4, 0.5) is 13.2 Å². The lowest BCUT2D eigenvalue weighted by Crippen LogP contribution is -2.42. The molecule has 2 atom stereocenters. The zero-order valence-corrected chi connectivity index (χ0v) is 8.38.